The molecule has 1 saturated heterocycles. The highest BCUT2D eigenvalue weighted by atomic mass is 16.6. The van der Waals surface area contributed by atoms with E-state index in [-0.39, 0.29) is 28.9 Å². The molecule has 1 amide bonds. The van der Waals surface area contributed by atoms with Crippen molar-refractivity contribution in [3.05, 3.63) is 56.9 Å². The van der Waals surface area contributed by atoms with E-state index in [0.717, 1.165) is 5.56 Å². The van der Waals surface area contributed by atoms with Crippen LogP contribution in [0.4, 0.5) is 5.69 Å². The van der Waals surface area contributed by atoms with Gasteiger partial charge in [-0.15, -0.1) is 0 Å². The van der Waals surface area contributed by atoms with Crippen LogP contribution in [0.15, 0.2) is 24.3 Å². The van der Waals surface area contributed by atoms with Gasteiger partial charge in [0.15, 0.2) is 0 Å². The van der Waals surface area contributed by atoms with Crippen molar-refractivity contribution in [2.24, 2.45) is 13.0 Å². The van der Waals surface area contributed by atoms with Crippen LogP contribution in [0.25, 0.3) is 0 Å². The van der Waals surface area contributed by atoms with Gasteiger partial charge in [-0.25, -0.2) is 4.79 Å². The number of nitrogens with zero attached hydrogens (tertiary/aromatic N) is 4. The van der Waals surface area contributed by atoms with Gasteiger partial charge in [0.2, 0.25) is 5.69 Å². The molecular weight excluding hydrogens is 364 g/mol. The topological polar surface area (TPSA) is 119 Å². The Morgan fingerprint density at radius 3 is 2.54 bits per heavy atom. The summed E-state index contributed by atoms with van der Waals surface area (Å²) in [6.45, 7) is 2.46. The monoisotopic (exact) mass is 386 g/mol. The average Bonchev–Trinajstić information content (AvgIpc) is 2.96. The molecule has 9 nitrogen and oxygen atoms in total. The standard InChI is InChI=1S/C19H22N4O5/c1-12-16(23(27)28)17(21(2)20-12)18(24)22-9-7-13(8-10-22)11-14-5-3-4-6-15(14)19(25)26/h3-6,13H,7-11H2,1-2H3,(H,25,26). The Balaban J connectivity index is 1.69. The Bertz CT molecular complexity index is 928. The van der Waals surface area contributed by atoms with E-state index in [1.54, 1.807) is 17.0 Å². The van der Waals surface area contributed by atoms with Crippen molar-refractivity contribution in [2.45, 2.75) is 26.2 Å². The Morgan fingerprint density at radius 2 is 1.93 bits per heavy atom. The van der Waals surface area contributed by atoms with Gasteiger partial charge in [-0.3, -0.25) is 19.6 Å². The van der Waals surface area contributed by atoms with Crippen LogP contribution in [0.3, 0.4) is 0 Å². The first-order valence-electron chi connectivity index (χ1n) is 9.08. The fourth-order valence-electron chi connectivity index (χ4n) is 3.81. The van der Waals surface area contributed by atoms with Gasteiger partial charge in [0.25, 0.3) is 5.91 Å². The molecule has 0 bridgehead atoms. The SMILES string of the molecule is Cc1nn(C)c(C(=O)N2CCC(Cc3ccccc3C(=O)O)CC2)c1[N+](=O)[O-]. The molecule has 2 aromatic rings. The second-order valence-corrected chi connectivity index (χ2v) is 7.07. The predicted octanol–water partition coefficient (Wildman–Crippen LogP) is 2.43. The summed E-state index contributed by atoms with van der Waals surface area (Å²) in [6, 6.07) is 6.95. The molecule has 0 saturated carbocycles. The summed E-state index contributed by atoms with van der Waals surface area (Å²) in [6.07, 6.45) is 2.06. The van der Waals surface area contributed by atoms with Crippen molar-refractivity contribution < 1.29 is 19.6 Å². The molecule has 148 valence electrons. The Labute approximate surface area is 161 Å². The third-order valence-electron chi connectivity index (χ3n) is 5.23. The van der Waals surface area contributed by atoms with Gasteiger partial charge >= 0.3 is 11.7 Å². The minimum Gasteiger partial charge on any atom is -0.478 e. The van der Waals surface area contributed by atoms with E-state index in [2.05, 4.69) is 5.10 Å². The molecule has 1 aliphatic heterocycles. The van der Waals surface area contributed by atoms with E-state index in [4.69, 9.17) is 0 Å². The maximum Gasteiger partial charge on any atom is 0.335 e. The molecule has 1 aromatic carbocycles. The minimum atomic E-state index is -0.942. The number of carbonyl (C=O) groups excluding carboxylic acids is 1. The van der Waals surface area contributed by atoms with Gasteiger partial charge in [0, 0.05) is 20.1 Å². The molecule has 28 heavy (non-hydrogen) atoms. The van der Waals surface area contributed by atoms with Crippen LogP contribution in [0, 0.1) is 23.0 Å². The molecule has 1 aliphatic rings. The molecule has 0 radical (unpaired) electrons. The number of rotatable bonds is 5. The van der Waals surface area contributed by atoms with Crippen molar-refractivity contribution in [3.63, 3.8) is 0 Å². The van der Waals surface area contributed by atoms with Crippen molar-refractivity contribution in [1.82, 2.24) is 14.7 Å². The van der Waals surface area contributed by atoms with E-state index in [1.165, 1.54) is 18.7 Å². The second kappa shape index (κ2) is 7.79. The highest BCUT2D eigenvalue weighted by molar-refractivity contribution is 5.97. The Morgan fingerprint density at radius 1 is 1.29 bits per heavy atom. The number of aryl methyl sites for hydroxylation is 2. The van der Waals surface area contributed by atoms with Crippen LogP contribution in [0.1, 0.15) is 44.9 Å². The van der Waals surface area contributed by atoms with E-state index in [1.807, 2.05) is 12.1 Å². The first-order chi connectivity index (χ1) is 13.3. The summed E-state index contributed by atoms with van der Waals surface area (Å²) in [5, 5.41) is 24.7. The maximum absolute atomic E-state index is 12.9. The van der Waals surface area contributed by atoms with Crippen LogP contribution >= 0.6 is 0 Å². The third kappa shape index (κ3) is 3.73. The van der Waals surface area contributed by atoms with Crippen LogP contribution in [0.2, 0.25) is 0 Å². The second-order valence-electron chi connectivity index (χ2n) is 7.07. The number of aromatic carboxylic acids is 1. The predicted molar refractivity (Wildman–Crippen MR) is 100 cm³/mol. The lowest BCUT2D eigenvalue weighted by Crippen LogP contribution is -2.40. The van der Waals surface area contributed by atoms with Gasteiger partial charge in [0.05, 0.1) is 10.5 Å². The highest BCUT2D eigenvalue weighted by Crippen LogP contribution is 2.28. The molecule has 0 atom stereocenters. The number of piperidine rings is 1. The van der Waals surface area contributed by atoms with E-state index in [9.17, 15) is 24.8 Å². The zero-order valence-corrected chi connectivity index (χ0v) is 15.8. The van der Waals surface area contributed by atoms with Crippen LogP contribution in [0.5, 0.6) is 0 Å². The number of aromatic nitrogens is 2. The smallest absolute Gasteiger partial charge is 0.335 e. The van der Waals surface area contributed by atoms with Gasteiger partial charge in [-0.05, 0) is 43.7 Å². The third-order valence-corrected chi connectivity index (χ3v) is 5.23. The number of carbonyl (C=O) groups is 2. The molecule has 1 N–H and O–H groups in total. The maximum atomic E-state index is 12.9. The van der Waals surface area contributed by atoms with E-state index >= 15 is 0 Å². The summed E-state index contributed by atoms with van der Waals surface area (Å²) >= 11 is 0. The van der Waals surface area contributed by atoms with Gasteiger partial charge < -0.3 is 10.0 Å². The summed E-state index contributed by atoms with van der Waals surface area (Å²) in [4.78, 5) is 36.6. The van der Waals surface area contributed by atoms with Gasteiger partial charge in [-0.2, -0.15) is 5.10 Å². The molecular formula is C19H22N4O5. The van der Waals surface area contributed by atoms with Crippen LogP contribution in [-0.2, 0) is 13.5 Å². The number of carboxylic acids is 1. The average molecular weight is 386 g/mol. The summed E-state index contributed by atoms with van der Waals surface area (Å²) < 4.78 is 1.27. The van der Waals surface area contributed by atoms with E-state index in [0.29, 0.717) is 37.9 Å². The molecule has 1 fully saturated rings. The molecule has 2 heterocycles. The first-order valence-corrected chi connectivity index (χ1v) is 9.08. The zero-order chi connectivity index (χ0) is 20.4. The molecule has 1 aromatic heterocycles. The van der Waals surface area contributed by atoms with Crippen molar-refractivity contribution in [2.75, 3.05) is 13.1 Å². The van der Waals surface area contributed by atoms with E-state index < -0.39 is 10.9 Å². The lowest BCUT2D eigenvalue weighted by atomic mass is 9.88. The fourth-order valence-corrected chi connectivity index (χ4v) is 3.81. The zero-order valence-electron chi connectivity index (χ0n) is 15.8. The number of amides is 1. The van der Waals surface area contributed by atoms with Gasteiger partial charge in [-0.1, -0.05) is 18.2 Å². The van der Waals surface area contributed by atoms with Crippen molar-refractivity contribution >= 4 is 17.6 Å². The lowest BCUT2D eigenvalue weighted by molar-refractivity contribution is -0.385. The number of hydrogen-bond donors (Lipinski definition) is 1. The largest absolute Gasteiger partial charge is 0.478 e. The molecule has 9 heteroatoms. The summed E-state index contributed by atoms with van der Waals surface area (Å²) in [5.41, 5.74) is 1.07. The number of carboxylic acid groups (broad SMARTS) is 1. The normalized spacial score (nSPS) is 14.9. The van der Waals surface area contributed by atoms with Crippen molar-refractivity contribution in [1.29, 1.82) is 0 Å². The summed E-state index contributed by atoms with van der Waals surface area (Å²) in [5.74, 6) is -1.07. The van der Waals surface area contributed by atoms with Crippen molar-refractivity contribution in [3.8, 4) is 0 Å². The Kier molecular flexibility index (Phi) is 5.43. The van der Waals surface area contributed by atoms with Gasteiger partial charge in [0.1, 0.15) is 5.69 Å². The first kappa shape index (κ1) is 19.5. The summed E-state index contributed by atoms with van der Waals surface area (Å²) in [7, 11) is 1.53. The quantitative estimate of drug-likeness (QED) is 0.623. The number of hydrogen-bond acceptors (Lipinski definition) is 5. The number of benzene rings is 1. The minimum absolute atomic E-state index is 0.00262. The molecule has 0 spiro atoms. The number of likely N-dealkylation sites (tertiary alicyclic amines) is 1. The highest BCUT2D eigenvalue weighted by Gasteiger charge is 2.34. The molecule has 0 unspecified atom stereocenters. The molecule has 0 aliphatic carbocycles. The fraction of sp³-hybridized carbons (Fsp3) is 0.421. The number of nitro groups is 1. The molecule has 3 rings (SSSR count). The van der Waals surface area contributed by atoms with Crippen LogP contribution in [-0.4, -0.2) is 49.7 Å². The lowest BCUT2D eigenvalue weighted by Gasteiger charge is -2.32. The van der Waals surface area contributed by atoms with Crippen LogP contribution < -0.4 is 0 Å². The Hall–Kier alpha value is -3.23.